The zero-order chi connectivity index (χ0) is 16.3. The Kier molecular flexibility index (Phi) is 6.23. The van der Waals surface area contributed by atoms with Gasteiger partial charge in [-0.05, 0) is 38.3 Å². The summed E-state index contributed by atoms with van der Waals surface area (Å²) in [6.45, 7) is 1.90. The Labute approximate surface area is 147 Å². The van der Waals surface area contributed by atoms with Gasteiger partial charge in [0.15, 0.2) is 0 Å². The number of rotatable bonds is 4. The van der Waals surface area contributed by atoms with Gasteiger partial charge < -0.3 is 15.4 Å². The summed E-state index contributed by atoms with van der Waals surface area (Å²) in [6.07, 6.45) is 7.08. The maximum atomic E-state index is 12.5. The number of ether oxygens (including phenoxy) is 1. The van der Waals surface area contributed by atoms with Crippen LogP contribution in [0.3, 0.4) is 0 Å². The van der Waals surface area contributed by atoms with Crippen molar-refractivity contribution in [3.63, 3.8) is 0 Å². The first kappa shape index (κ1) is 18.7. The van der Waals surface area contributed by atoms with Crippen LogP contribution in [-0.2, 0) is 9.53 Å². The average molecular weight is 357 g/mol. The summed E-state index contributed by atoms with van der Waals surface area (Å²) in [5, 5.41) is 10.6. The van der Waals surface area contributed by atoms with E-state index in [4.69, 9.17) is 4.74 Å². The molecule has 2 fully saturated rings. The molecule has 1 aliphatic carbocycles. The van der Waals surface area contributed by atoms with Crippen molar-refractivity contribution in [3.05, 3.63) is 18.0 Å². The van der Waals surface area contributed by atoms with Crippen LogP contribution >= 0.6 is 12.4 Å². The fraction of sp³-hybridized carbons (Fsp3) is 0.688. The lowest BCUT2D eigenvalue weighted by molar-refractivity contribution is -0.148. The lowest BCUT2D eigenvalue weighted by Gasteiger charge is -2.26. The minimum Gasteiger partial charge on any atom is -0.467 e. The Bertz CT molecular complexity index is 578. The number of carbonyl (C=O) groups is 2. The molecule has 24 heavy (non-hydrogen) atoms. The van der Waals surface area contributed by atoms with Gasteiger partial charge >= 0.3 is 5.97 Å². The van der Waals surface area contributed by atoms with Crippen molar-refractivity contribution in [1.82, 2.24) is 20.4 Å². The predicted molar refractivity (Wildman–Crippen MR) is 91.3 cm³/mol. The number of carbonyl (C=O) groups excluding carboxylic acids is 2. The molecule has 2 heterocycles. The highest BCUT2D eigenvalue weighted by Crippen LogP contribution is 2.31. The van der Waals surface area contributed by atoms with E-state index in [1.807, 2.05) is 10.9 Å². The predicted octanol–water partition coefficient (Wildman–Crippen LogP) is 1.44. The monoisotopic (exact) mass is 356 g/mol. The van der Waals surface area contributed by atoms with Crippen LogP contribution in [0.4, 0.5) is 0 Å². The number of methoxy groups -OCH3 is 1. The Hall–Kier alpha value is -1.60. The van der Waals surface area contributed by atoms with Crippen molar-refractivity contribution in [3.8, 4) is 0 Å². The number of nitrogens with one attached hydrogen (secondary N) is 2. The highest BCUT2D eigenvalue weighted by Gasteiger charge is 2.44. The first-order chi connectivity index (χ1) is 11.1. The van der Waals surface area contributed by atoms with Crippen molar-refractivity contribution < 1.29 is 14.3 Å². The standard InChI is InChI=1S/C16H24N4O3.ClH/c1-23-15(22)16(7-2-3-8-16)18-14(21)13-6-10-20(19-13)12-5-4-9-17-11-12;/h6,10,12,17H,2-5,7-9,11H2,1H3,(H,18,21);1H. The lowest BCUT2D eigenvalue weighted by Crippen LogP contribution is -2.53. The van der Waals surface area contributed by atoms with E-state index in [2.05, 4.69) is 15.7 Å². The van der Waals surface area contributed by atoms with Gasteiger partial charge in [-0.2, -0.15) is 5.10 Å². The maximum Gasteiger partial charge on any atom is 0.331 e. The molecule has 1 aromatic heterocycles. The summed E-state index contributed by atoms with van der Waals surface area (Å²) >= 11 is 0. The van der Waals surface area contributed by atoms with Gasteiger partial charge in [0.1, 0.15) is 11.2 Å². The van der Waals surface area contributed by atoms with E-state index in [1.165, 1.54) is 7.11 Å². The molecule has 134 valence electrons. The highest BCUT2D eigenvalue weighted by molar-refractivity contribution is 5.96. The van der Waals surface area contributed by atoms with Crippen LogP contribution in [0.15, 0.2) is 12.3 Å². The normalized spacial score (nSPS) is 22.5. The smallest absolute Gasteiger partial charge is 0.331 e. The molecule has 2 aliphatic rings. The number of amides is 1. The van der Waals surface area contributed by atoms with Gasteiger partial charge in [0.25, 0.3) is 5.91 Å². The SMILES string of the molecule is COC(=O)C1(NC(=O)c2ccn(C3CCCNC3)n2)CCCC1.Cl. The molecule has 8 heteroatoms. The Balaban J connectivity index is 0.00000208. The fourth-order valence-corrected chi connectivity index (χ4v) is 3.56. The molecule has 1 aliphatic heterocycles. The van der Waals surface area contributed by atoms with E-state index in [-0.39, 0.29) is 30.3 Å². The number of halogens is 1. The number of nitrogens with zero attached hydrogens (tertiary/aromatic N) is 2. The first-order valence-corrected chi connectivity index (χ1v) is 8.31. The van der Waals surface area contributed by atoms with Gasteiger partial charge in [0.2, 0.25) is 0 Å². The molecule has 2 N–H and O–H groups in total. The van der Waals surface area contributed by atoms with Crippen LogP contribution in [0, 0.1) is 0 Å². The van der Waals surface area contributed by atoms with Gasteiger partial charge in [-0.1, -0.05) is 12.8 Å². The summed E-state index contributed by atoms with van der Waals surface area (Å²) in [5.41, 5.74) is -0.534. The van der Waals surface area contributed by atoms with Crippen LogP contribution < -0.4 is 10.6 Å². The van der Waals surface area contributed by atoms with E-state index >= 15 is 0 Å². The van der Waals surface area contributed by atoms with Gasteiger partial charge in [-0.15, -0.1) is 12.4 Å². The third-order valence-corrected chi connectivity index (χ3v) is 4.87. The molecule has 1 unspecified atom stereocenters. The molecule has 3 rings (SSSR count). The summed E-state index contributed by atoms with van der Waals surface area (Å²) in [4.78, 5) is 24.6. The number of piperidine rings is 1. The topological polar surface area (TPSA) is 85.2 Å². The second kappa shape index (κ2) is 7.98. The van der Waals surface area contributed by atoms with E-state index in [0.717, 1.165) is 38.8 Å². The number of esters is 1. The Morgan fingerprint density at radius 2 is 2.12 bits per heavy atom. The van der Waals surface area contributed by atoms with E-state index in [9.17, 15) is 9.59 Å². The number of hydrogen-bond donors (Lipinski definition) is 2. The molecule has 1 amide bonds. The third kappa shape index (κ3) is 3.72. The lowest BCUT2D eigenvalue weighted by atomic mass is 9.97. The molecule has 1 saturated heterocycles. The maximum absolute atomic E-state index is 12.5. The van der Waals surface area contributed by atoms with Crippen molar-refractivity contribution in [1.29, 1.82) is 0 Å². The molecule has 0 bridgehead atoms. The van der Waals surface area contributed by atoms with Gasteiger partial charge in [-0.25, -0.2) is 4.79 Å². The molecule has 0 radical (unpaired) electrons. The molecule has 1 aromatic rings. The highest BCUT2D eigenvalue weighted by atomic mass is 35.5. The van der Waals surface area contributed by atoms with Gasteiger partial charge in [0, 0.05) is 12.7 Å². The van der Waals surface area contributed by atoms with Crippen LogP contribution in [0.2, 0.25) is 0 Å². The van der Waals surface area contributed by atoms with E-state index in [1.54, 1.807) is 6.07 Å². The van der Waals surface area contributed by atoms with Gasteiger partial charge in [0.05, 0.1) is 13.2 Å². The molecule has 7 nitrogen and oxygen atoms in total. The summed E-state index contributed by atoms with van der Waals surface area (Å²) < 4.78 is 6.73. The summed E-state index contributed by atoms with van der Waals surface area (Å²) in [5.74, 6) is -0.668. The zero-order valence-electron chi connectivity index (χ0n) is 13.9. The van der Waals surface area contributed by atoms with Crippen molar-refractivity contribution in [2.75, 3.05) is 20.2 Å². The summed E-state index contributed by atoms with van der Waals surface area (Å²) in [6, 6.07) is 2.00. The molecular weight excluding hydrogens is 332 g/mol. The third-order valence-electron chi connectivity index (χ3n) is 4.87. The second-order valence-electron chi connectivity index (χ2n) is 6.42. The second-order valence-corrected chi connectivity index (χ2v) is 6.42. The summed E-state index contributed by atoms with van der Waals surface area (Å²) in [7, 11) is 1.36. The zero-order valence-corrected chi connectivity index (χ0v) is 14.7. The fourth-order valence-electron chi connectivity index (χ4n) is 3.56. The first-order valence-electron chi connectivity index (χ1n) is 8.31. The van der Waals surface area contributed by atoms with Crippen molar-refractivity contribution >= 4 is 24.3 Å². The Morgan fingerprint density at radius 3 is 2.75 bits per heavy atom. The van der Waals surface area contributed by atoms with E-state index < -0.39 is 5.54 Å². The largest absolute Gasteiger partial charge is 0.467 e. The van der Waals surface area contributed by atoms with Gasteiger partial charge in [-0.3, -0.25) is 9.48 Å². The molecule has 0 spiro atoms. The van der Waals surface area contributed by atoms with Crippen LogP contribution in [0.25, 0.3) is 0 Å². The van der Waals surface area contributed by atoms with Crippen LogP contribution in [0.1, 0.15) is 55.1 Å². The molecule has 1 saturated carbocycles. The van der Waals surface area contributed by atoms with Crippen molar-refractivity contribution in [2.24, 2.45) is 0 Å². The minimum atomic E-state index is -0.887. The van der Waals surface area contributed by atoms with Crippen LogP contribution in [-0.4, -0.2) is 47.4 Å². The van der Waals surface area contributed by atoms with Crippen molar-refractivity contribution in [2.45, 2.75) is 50.1 Å². The quantitative estimate of drug-likeness (QED) is 0.797. The van der Waals surface area contributed by atoms with Crippen LogP contribution in [0.5, 0.6) is 0 Å². The molecule has 0 aromatic carbocycles. The number of aromatic nitrogens is 2. The molecular formula is C16H25ClN4O3. The molecule has 1 atom stereocenters. The number of hydrogen-bond acceptors (Lipinski definition) is 5. The minimum absolute atomic E-state index is 0. The Morgan fingerprint density at radius 1 is 1.38 bits per heavy atom. The van der Waals surface area contributed by atoms with E-state index in [0.29, 0.717) is 18.5 Å². The average Bonchev–Trinajstić information content (AvgIpc) is 3.25.